The van der Waals surface area contributed by atoms with Crippen molar-refractivity contribution in [2.24, 2.45) is 0 Å². The highest BCUT2D eigenvalue weighted by molar-refractivity contribution is 7.17. The number of fused-ring (bicyclic) bond motifs is 1. The molecule has 1 aromatic carbocycles. The van der Waals surface area contributed by atoms with E-state index in [-0.39, 0.29) is 0 Å². The van der Waals surface area contributed by atoms with Crippen LogP contribution in [0.3, 0.4) is 0 Å². The summed E-state index contributed by atoms with van der Waals surface area (Å²) in [5.74, 6) is 0. The molecule has 2 aromatic heterocycles. The molecule has 0 aliphatic rings. The minimum atomic E-state index is 0.627. The summed E-state index contributed by atoms with van der Waals surface area (Å²) in [4.78, 5) is 18.0. The maximum absolute atomic E-state index is 11.4. The van der Waals surface area contributed by atoms with Gasteiger partial charge in [-0.1, -0.05) is 12.1 Å². The Hall–Kier alpha value is -1.94. The Morgan fingerprint density at radius 3 is 2.68 bits per heavy atom. The van der Waals surface area contributed by atoms with Crippen molar-refractivity contribution in [1.82, 2.24) is 9.38 Å². The average molecular weight is 270 g/mol. The number of hydrogen-bond donors (Lipinski definition) is 0. The molecule has 2 heterocycles. The molecule has 3 nitrogen and oxygen atoms in total. The highest BCUT2D eigenvalue weighted by Crippen LogP contribution is 2.28. The van der Waals surface area contributed by atoms with Gasteiger partial charge in [-0.3, -0.25) is 9.20 Å². The van der Waals surface area contributed by atoms with Crippen molar-refractivity contribution in [3.63, 3.8) is 0 Å². The van der Waals surface area contributed by atoms with Crippen molar-refractivity contribution in [2.45, 2.75) is 20.8 Å². The second kappa shape index (κ2) is 4.31. The maximum atomic E-state index is 11.4. The van der Waals surface area contributed by atoms with Gasteiger partial charge in [0.25, 0.3) is 0 Å². The fourth-order valence-electron chi connectivity index (χ4n) is 2.19. The van der Waals surface area contributed by atoms with Crippen LogP contribution in [0.2, 0.25) is 0 Å². The van der Waals surface area contributed by atoms with E-state index in [1.165, 1.54) is 11.1 Å². The smallest absolute Gasteiger partial charge is 0.195 e. The first-order chi connectivity index (χ1) is 9.10. The number of imidazole rings is 1. The molecule has 0 saturated heterocycles. The molecule has 19 heavy (non-hydrogen) atoms. The fourth-order valence-corrected chi connectivity index (χ4v) is 3.02. The monoisotopic (exact) mass is 270 g/mol. The number of carbonyl (C=O) groups excluding carboxylic acids is 1. The van der Waals surface area contributed by atoms with Crippen molar-refractivity contribution >= 4 is 22.6 Å². The molecule has 0 bridgehead atoms. The maximum Gasteiger partial charge on any atom is 0.195 e. The van der Waals surface area contributed by atoms with E-state index in [2.05, 4.69) is 31.0 Å². The SMILES string of the molecule is Cc1cn2c(C=O)c(-c3ccc(C)c(C)c3)nc2s1. The minimum Gasteiger partial charge on any atom is -0.296 e. The lowest BCUT2D eigenvalue weighted by molar-refractivity contribution is 0.111. The van der Waals surface area contributed by atoms with Crippen LogP contribution in [0.5, 0.6) is 0 Å². The molecular weight excluding hydrogens is 256 g/mol. The topological polar surface area (TPSA) is 34.4 Å². The highest BCUT2D eigenvalue weighted by Gasteiger charge is 2.15. The fraction of sp³-hybridized carbons (Fsp3) is 0.200. The number of hydrogen-bond acceptors (Lipinski definition) is 3. The second-order valence-corrected chi connectivity index (χ2v) is 5.97. The Labute approximate surface area is 115 Å². The van der Waals surface area contributed by atoms with Gasteiger partial charge in [-0.25, -0.2) is 4.98 Å². The Morgan fingerprint density at radius 2 is 2.00 bits per heavy atom. The first kappa shape index (κ1) is 12.1. The molecule has 4 heteroatoms. The third kappa shape index (κ3) is 1.88. The lowest BCUT2D eigenvalue weighted by Crippen LogP contribution is -1.91. The first-order valence-corrected chi connectivity index (χ1v) is 6.93. The van der Waals surface area contributed by atoms with Crippen LogP contribution in [0.1, 0.15) is 26.5 Å². The lowest BCUT2D eigenvalue weighted by atomic mass is 10.0. The van der Waals surface area contributed by atoms with Gasteiger partial charge in [0, 0.05) is 16.6 Å². The molecular formula is C15H14N2OS. The Balaban J connectivity index is 2.26. The summed E-state index contributed by atoms with van der Waals surface area (Å²) in [5, 5.41) is 0. The number of carbonyl (C=O) groups is 1. The lowest BCUT2D eigenvalue weighted by Gasteiger charge is -2.03. The third-order valence-corrected chi connectivity index (χ3v) is 4.27. The van der Waals surface area contributed by atoms with Crippen molar-refractivity contribution in [2.75, 3.05) is 0 Å². The van der Waals surface area contributed by atoms with Crippen LogP contribution in [-0.4, -0.2) is 15.7 Å². The summed E-state index contributed by atoms with van der Waals surface area (Å²) in [7, 11) is 0. The van der Waals surface area contributed by atoms with Gasteiger partial charge in [0.1, 0.15) is 11.4 Å². The van der Waals surface area contributed by atoms with Crippen LogP contribution in [0.25, 0.3) is 16.2 Å². The molecule has 96 valence electrons. The number of aldehydes is 1. The standard InChI is InChI=1S/C15H14N2OS/c1-9-4-5-12(6-10(9)2)14-13(8-18)17-7-11(3)19-15(17)16-14/h4-8H,1-3H3. The third-order valence-electron chi connectivity index (χ3n) is 3.37. The van der Waals surface area contributed by atoms with Gasteiger partial charge in [-0.2, -0.15) is 0 Å². The van der Waals surface area contributed by atoms with E-state index in [0.29, 0.717) is 5.69 Å². The van der Waals surface area contributed by atoms with E-state index in [0.717, 1.165) is 27.4 Å². The molecule has 0 atom stereocenters. The first-order valence-electron chi connectivity index (χ1n) is 6.11. The molecule has 0 fully saturated rings. The van der Waals surface area contributed by atoms with Crippen LogP contribution >= 0.6 is 11.3 Å². The van der Waals surface area contributed by atoms with Crippen molar-refractivity contribution in [3.8, 4) is 11.3 Å². The van der Waals surface area contributed by atoms with Gasteiger partial charge < -0.3 is 0 Å². The molecule has 0 N–H and O–H groups in total. The number of aromatic nitrogens is 2. The van der Waals surface area contributed by atoms with E-state index >= 15 is 0 Å². The molecule has 3 rings (SSSR count). The Kier molecular flexibility index (Phi) is 2.75. The van der Waals surface area contributed by atoms with E-state index in [1.807, 2.05) is 23.6 Å². The van der Waals surface area contributed by atoms with Crippen LogP contribution < -0.4 is 0 Å². The van der Waals surface area contributed by atoms with Crippen LogP contribution in [0, 0.1) is 20.8 Å². The van der Waals surface area contributed by atoms with E-state index in [9.17, 15) is 4.79 Å². The number of aryl methyl sites for hydroxylation is 3. The molecule has 0 unspecified atom stereocenters. The van der Waals surface area contributed by atoms with Gasteiger partial charge in [0.2, 0.25) is 0 Å². The Bertz CT molecular complexity index is 783. The van der Waals surface area contributed by atoms with E-state index < -0.39 is 0 Å². The van der Waals surface area contributed by atoms with Crippen LogP contribution in [0.15, 0.2) is 24.4 Å². The molecule has 3 aromatic rings. The number of nitrogens with zero attached hydrogens (tertiary/aromatic N) is 2. The van der Waals surface area contributed by atoms with Crippen molar-refractivity contribution in [3.05, 3.63) is 46.1 Å². The van der Waals surface area contributed by atoms with Gasteiger partial charge in [0.15, 0.2) is 11.2 Å². The van der Waals surface area contributed by atoms with Gasteiger partial charge in [-0.05, 0) is 38.0 Å². The van der Waals surface area contributed by atoms with Gasteiger partial charge in [-0.15, -0.1) is 11.3 Å². The Morgan fingerprint density at radius 1 is 1.21 bits per heavy atom. The van der Waals surface area contributed by atoms with Crippen molar-refractivity contribution in [1.29, 1.82) is 0 Å². The van der Waals surface area contributed by atoms with Crippen LogP contribution in [-0.2, 0) is 0 Å². The highest BCUT2D eigenvalue weighted by atomic mass is 32.1. The zero-order valence-corrected chi connectivity index (χ0v) is 11.9. The second-order valence-electron chi connectivity index (χ2n) is 4.76. The summed E-state index contributed by atoms with van der Waals surface area (Å²) in [5.41, 5.74) is 4.85. The van der Waals surface area contributed by atoms with E-state index in [4.69, 9.17) is 0 Å². The number of benzene rings is 1. The van der Waals surface area contributed by atoms with Crippen molar-refractivity contribution < 1.29 is 4.79 Å². The average Bonchev–Trinajstić information content (AvgIpc) is 2.88. The summed E-state index contributed by atoms with van der Waals surface area (Å²) >= 11 is 1.60. The largest absolute Gasteiger partial charge is 0.296 e. The summed E-state index contributed by atoms with van der Waals surface area (Å²) in [6, 6.07) is 6.17. The minimum absolute atomic E-state index is 0.627. The normalized spacial score (nSPS) is 11.1. The number of rotatable bonds is 2. The van der Waals surface area contributed by atoms with Gasteiger partial charge >= 0.3 is 0 Å². The molecule has 0 radical (unpaired) electrons. The molecule has 0 saturated carbocycles. The predicted molar refractivity (Wildman–Crippen MR) is 78.1 cm³/mol. The molecule has 0 aliphatic carbocycles. The quantitative estimate of drug-likeness (QED) is 0.664. The van der Waals surface area contributed by atoms with Gasteiger partial charge in [0.05, 0.1) is 0 Å². The molecule has 0 aliphatic heterocycles. The molecule has 0 spiro atoms. The summed E-state index contributed by atoms with van der Waals surface area (Å²) in [6.45, 7) is 6.17. The molecule has 0 amide bonds. The van der Waals surface area contributed by atoms with E-state index in [1.54, 1.807) is 11.3 Å². The number of thiazole rings is 1. The summed E-state index contributed by atoms with van der Waals surface area (Å²) < 4.78 is 1.87. The zero-order valence-electron chi connectivity index (χ0n) is 11.1. The summed E-state index contributed by atoms with van der Waals surface area (Å²) in [6.07, 6.45) is 2.85. The predicted octanol–water partition coefficient (Wildman–Crippen LogP) is 3.80. The van der Waals surface area contributed by atoms with Crippen LogP contribution in [0.4, 0.5) is 0 Å². The zero-order chi connectivity index (χ0) is 13.6.